The fraction of sp³-hybridized carbons (Fsp3) is 0.500. The highest BCUT2D eigenvalue weighted by atomic mass is 16.5. The minimum Gasteiger partial charge on any atom is -0.396 e. The van der Waals surface area contributed by atoms with Gasteiger partial charge in [-0.05, 0) is 0 Å². The normalized spacial score (nSPS) is 10.2. The van der Waals surface area contributed by atoms with Crippen molar-refractivity contribution in [2.24, 2.45) is 0 Å². The van der Waals surface area contributed by atoms with Crippen molar-refractivity contribution in [3.8, 4) is 0 Å². The van der Waals surface area contributed by atoms with E-state index in [1.807, 2.05) is 6.92 Å². The van der Waals surface area contributed by atoms with Gasteiger partial charge in [0.2, 0.25) is 0 Å². The Morgan fingerprint density at radius 2 is 2.33 bits per heavy atom. The van der Waals surface area contributed by atoms with Gasteiger partial charge in [0.1, 0.15) is 5.82 Å². The number of hydrogen-bond donors (Lipinski definition) is 1. The van der Waals surface area contributed by atoms with Gasteiger partial charge in [-0.25, -0.2) is 9.97 Å². The molecule has 0 aromatic carbocycles. The van der Waals surface area contributed by atoms with Crippen LogP contribution in [0.4, 0.5) is 5.69 Å². The van der Waals surface area contributed by atoms with E-state index in [1.165, 1.54) is 0 Å². The van der Waals surface area contributed by atoms with Crippen LogP contribution in [0.1, 0.15) is 18.4 Å². The van der Waals surface area contributed by atoms with Gasteiger partial charge in [-0.3, -0.25) is 0 Å². The SMILES string of the molecule is CCc1ncc(N)c(COC)n1. The summed E-state index contributed by atoms with van der Waals surface area (Å²) >= 11 is 0. The molecule has 0 radical (unpaired) electrons. The lowest BCUT2D eigenvalue weighted by molar-refractivity contribution is 0.181. The fourth-order valence-electron chi connectivity index (χ4n) is 0.890. The third-order valence-electron chi connectivity index (χ3n) is 1.55. The van der Waals surface area contributed by atoms with Gasteiger partial charge in [-0.15, -0.1) is 0 Å². The van der Waals surface area contributed by atoms with Crippen molar-refractivity contribution in [2.75, 3.05) is 12.8 Å². The highest BCUT2D eigenvalue weighted by Gasteiger charge is 2.01. The van der Waals surface area contributed by atoms with Crippen LogP contribution >= 0.6 is 0 Å². The molecule has 0 fully saturated rings. The molecule has 4 nitrogen and oxygen atoms in total. The van der Waals surface area contributed by atoms with Crippen LogP contribution < -0.4 is 5.73 Å². The molecular weight excluding hydrogens is 154 g/mol. The standard InChI is InChI=1S/C8H13N3O/c1-3-8-10-4-6(9)7(11-8)5-12-2/h4H,3,5,9H2,1-2H3. The topological polar surface area (TPSA) is 61.0 Å². The van der Waals surface area contributed by atoms with Gasteiger partial charge in [-0.1, -0.05) is 6.92 Å². The Bertz CT molecular complexity index is 262. The maximum absolute atomic E-state index is 5.63. The predicted molar refractivity (Wildman–Crippen MR) is 46.5 cm³/mol. The number of methoxy groups -OCH3 is 1. The van der Waals surface area contributed by atoms with Gasteiger partial charge in [0.15, 0.2) is 0 Å². The molecule has 0 aliphatic heterocycles. The van der Waals surface area contributed by atoms with E-state index in [2.05, 4.69) is 9.97 Å². The average Bonchev–Trinajstić information content (AvgIpc) is 2.09. The average molecular weight is 167 g/mol. The highest BCUT2D eigenvalue weighted by Crippen LogP contribution is 2.08. The van der Waals surface area contributed by atoms with Gasteiger partial charge < -0.3 is 10.5 Å². The number of aryl methyl sites for hydroxylation is 1. The lowest BCUT2D eigenvalue weighted by Crippen LogP contribution is -2.04. The number of rotatable bonds is 3. The van der Waals surface area contributed by atoms with Crippen molar-refractivity contribution in [1.29, 1.82) is 0 Å². The minimum atomic E-state index is 0.446. The van der Waals surface area contributed by atoms with Gasteiger partial charge in [0.05, 0.1) is 24.2 Å². The van der Waals surface area contributed by atoms with Crippen LogP contribution in [0, 0.1) is 0 Å². The predicted octanol–water partition coefficient (Wildman–Crippen LogP) is 0.768. The number of hydrogen-bond acceptors (Lipinski definition) is 4. The summed E-state index contributed by atoms with van der Waals surface area (Å²) in [6, 6.07) is 0. The molecule has 0 aliphatic carbocycles. The number of aromatic nitrogens is 2. The Morgan fingerprint density at radius 3 is 2.92 bits per heavy atom. The summed E-state index contributed by atoms with van der Waals surface area (Å²) in [6.07, 6.45) is 2.44. The van der Waals surface area contributed by atoms with Crippen LogP contribution in [0.15, 0.2) is 6.20 Å². The van der Waals surface area contributed by atoms with Crippen LogP contribution in [0.5, 0.6) is 0 Å². The fourth-order valence-corrected chi connectivity index (χ4v) is 0.890. The zero-order valence-corrected chi connectivity index (χ0v) is 7.37. The molecule has 0 atom stereocenters. The highest BCUT2D eigenvalue weighted by molar-refractivity contribution is 5.39. The molecule has 12 heavy (non-hydrogen) atoms. The summed E-state index contributed by atoms with van der Waals surface area (Å²) in [5.41, 5.74) is 6.98. The van der Waals surface area contributed by atoms with Crippen LogP contribution in [-0.2, 0) is 17.8 Å². The summed E-state index contributed by atoms with van der Waals surface area (Å²) in [5.74, 6) is 0.802. The largest absolute Gasteiger partial charge is 0.396 e. The second-order valence-electron chi connectivity index (χ2n) is 2.47. The first-order chi connectivity index (χ1) is 5.77. The Kier molecular flexibility index (Phi) is 2.99. The summed E-state index contributed by atoms with van der Waals surface area (Å²) in [4.78, 5) is 8.27. The number of anilines is 1. The second-order valence-corrected chi connectivity index (χ2v) is 2.47. The van der Waals surface area contributed by atoms with Crippen molar-refractivity contribution in [3.05, 3.63) is 17.7 Å². The molecule has 1 rings (SSSR count). The summed E-state index contributed by atoms with van der Waals surface area (Å²) in [5, 5.41) is 0. The van der Waals surface area contributed by atoms with E-state index in [-0.39, 0.29) is 0 Å². The lowest BCUT2D eigenvalue weighted by Gasteiger charge is -2.03. The molecule has 66 valence electrons. The molecule has 0 spiro atoms. The molecule has 1 heterocycles. The van der Waals surface area contributed by atoms with Crippen molar-refractivity contribution in [3.63, 3.8) is 0 Å². The molecule has 0 unspecified atom stereocenters. The quantitative estimate of drug-likeness (QED) is 0.722. The van der Waals surface area contributed by atoms with E-state index < -0.39 is 0 Å². The van der Waals surface area contributed by atoms with Crippen molar-refractivity contribution in [2.45, 2.75) is 20.0 Å². The Balaban J connectivity index is 2.91. The molecule has 0 bridgehead atoms. The van der Waals surface area contributed by atoms with Crippen LogP contribution in [-0.4, -0.2) is 17.1 Å². The van der Waals surface area contributed by atoms with Crippen molar-refractivity contribution in [1.82, 2.24) is 9.97 Å². The Labute approximate surface area is 71.8 Å². The minimum absolute atomic E-state index is 0.446. The maximum Gasteiger partial charge on any atom is 0.128 e. The van der Waals surface area contributed by atoms with Gasteiger partial charge in [-0.2, -0.15) is 0 Å². The Hall–Kier alpha value is -1.16. The van der Waals surface area contributed by atoms with Gasteiger partial charge in [0.25, 0.3) is 0 Å². The smallest absolute Gasteiger partial charge is 0.128 e. The van der Waals surface area contributed by atoms with E-state index in [4.69, 9.17) is 10.5 Å². The van der Waals surface area contributed by atoms with E-state index in [1.54, 1.807) is 13.3 Å². The number of nitrogens with zero attached hydrogens (tertiary/aromatic N) is 2. The molecule has 2 N–H and O–H groups in total. The van der Waals surface area contributed by atoms with E-state index in [0.717, 1.165) is 17.9 Å². The third kappa shape index (κ3) is 1.92. The van der Waals surface area contributed by atoms with Crippen LogP contribution in [0.25, 0.3) is 0 Å². The zero-order chi connectivity index (χ0) is 8.97. The third-order valence-corrected chi connectivity index (χ3v) is 1.55. The van der Waals surface area contributed by atoms with Crippen LogP contribution in [0.2, 0.25) is 0 Å². The molecule has 0 saturated carbocycles. The van der Waals surface area contributed by atoms with Gasteiger partial charge in [0, 0.05) is 13.5 Å². The van der Waals surface area contributed by atoms with Crippen LogP contribution in [0.3, 0.4) is 0 Å². The number of ether oxygens (including phenoxy) is 1. The first-order valence-electron chi connectivity index (χ1n) is 3.87. The molecule has 0 saturated heterocycles. The molecule has 1 aromatic heterocycles. The van der Waals surface area contributed by atoms with E-state index in [9.17, 15) is 0 Å². The lowest BCUT2D eigenvalue weighted by atomic mass is 10.3. The maximum atomic E-state index is 5.63. The molecular formula is C8H13N3O. The Morgan fingerprint density at radius 1 is 1.58 bits per heavy atom. The van der Waals surface area contributed by atoms with Gasteiger partial charge >= 0.3 is 0 Å². The first kappa shape index (κ1) is 8.93. The van der Waals surface area contributed by atoms with E-state index >= 15 is 0 Å². The van der Waals surface area contributed by atoms with Crippen molar-refractivity contribution >= 4 is 5.69 Å². The molecule has 1 aromatic rings. The second kappa shape index (κ2) is 4.01. The first-order valence-corrected chi connectivity index (χ1v) is 3.87. The summed E-state index contributed by atoms with van der Waals surface area (Å²) < 4.78 is 4.94. The monoisotopic (exact) mass is 167 g/mol. The summed E-state index contributed by atoms with van der Waals surface area (Å²) in [6.45, 7) is 2.45. The zero-order valence-electron chi connectivity index (χ0n) is 7.37. The molecule has 4 heteroatoms. The molecule has 0 amide bonds. The summed E-state index contributed by atoms with van der Waals surface area (Å²) in [7, 11) is 1.62. The van der Waals surface area contributed by atoms with Crippen molar-refractivity contribution < 1.29 is 4.74 Å². The number of nitrogen functional groups attached to an aromatic ring is 1. The molecule has 0 aliphatic rings. The number of nitrogens with two attached hydrogens (primary N) is 1. The van der Waals surface area contributed by atoms with E-state index in [0.29, 0.717) is 12.3 Å².